The second-order valence-corrected chi connectivity index (χ2v) is 12.9. The first-order valence-corrected chi connectivity index (χ1v) is 15.4. The van der Waals surface area contributed by atoms with E-state index in [0.717, 1.165) is 17.0 Å². The number of aliphatic hydroxyl groups is 1. The lowest BCUT2D eigenvalue weighted by Crippen LogP contribution is -2.49. The molecule has 3 aromatic rings. The Morgan fingerprint density at radius 2 is 1.83 bits per heavy atom. The number of rotatable bonds is 7. The van der Waals surface area contributed by atoms with Gasteiger partial charge in [0.05, 0.1) is 40.2 Å². The number of likely N-dealkylation sites (tertiary alicyclic amines) is 1. The molecule has 2 aromatic heterocycles. The third-order valence-electron chi connectivity index (χ3n) is 9.31. The van der Waals surface area contributed by atoms with Crippen molar-refractivity contribution in [2.45, 2.75) is 42.7 Å². The second-order valence-electron chi connectivity index (χ2n) is 12.5. The molecule has 4 amide bonds. The van der Waals surface area contributed by atoms with Crippen molar-refractivity contribution < 1.29 is 41.4 Å². The molecule has 5 unspecified atom stereocenters. The maximum Gasteiger partial charge on any atom is 0.435 e. The molecule has 4 heterocycles. The van der Waals surface area contributed by atoms with E-state index < -0.39 is 47.8 Å². The number of nitrogens with zero attached hydrogens (tertiary/aromatic N) is 5. The quantitative estimate of drug-likeness (QED) is 0.238. The van der Waals surface area contributed by atoms with Crippen LogP contribution in [0.2, 0.25) is 5.02 Å². The molecule has 4 fully saturated rings. The van der Waals surface area contributed by atoms with E-state index in [1.165, 1.54) is 25.2 Å². The number of imidazole rings is 1. The average Bonchev–Trinajstić information content (AvgIpc) is 3.46. The van der Waals surface area contributed by atoms with E-state index in [2.05, 4.69) is 31.3 Å². The number of aromatic nitrogens is 4. The monoisotopic (exact) mass is 697 g/mol. The van der Waals surface area contributed by atoms with Crippen molar-refractivity contribution in [2.24, 2.45) is 18.9 Å². The molecule has 5 N–H and O–H groups in total. The summed E-state index contributed by atoms with van der Waals surface area (Å²) >= 11 is 6.42. The summed E-state index contributed by atoms with van der Waals surface area (Å²) in [6.45, 7) is 1.72. The van der Waals surface area contributed by atoms with Crippen molar-refractivity contribution in [1.29, 1.82) is 0 Å². The smallest absolute Gasteiger partial charge is 0.390 e. The van der Waals surface area contributed by atoms with Crippen LogP contribution in [0.5, 0.6) is 0 Å². The van der Waals surface area contributed by atoms with Crippen molar-refractivity contribution in [1.82, 2.24) is 40.2 Å². The fourth-order valence-corrected chi connectivity index (χ4v) is 6.77. The van der Waals surface area contributed by atoms with Gasteiger partial charge < -0.3 is 35.8 Å². The number of anilines is 1. The number of benzene rings is 1. The van der Waals surface area contributed by atoms with Crippen molar-refractivity contribution in [2.75, 3.05) is 31.5 Å². The molecule has 7 rings (SSSR count). The molecule has 48 heavy (non-hydrogen) atoms. The Hall–Kier alpha value is -4.29. The lowest BCUT2D eigenvalue weighted by Gasteiger charge is -2.22. The minimum Gasteiger partial charge on any atom is -0.390 e. The summed E-state index contributed by atoms with van der Waals surface area (Å²) in [5.74, 6) is -4.38. The Morgan fingerprint density at radius 1 is 1.12 bits per heavy atom. The Bertz CT molecular complexity index is 1800. The summed E-state index contributed by atoms with van der Waals surface area (Å²) in [6, 6.07) is 1.94. The number of piperidine rings is 1. The number of carbonyl (C=O) groups is 3. The number of fused-ring (bicyclic) bond motifs is 1. The SMILES string of the molecule is Cn1c(-c2cn(C3CC3(F)F)nc2C(F)(F)F)cnc1C(=O)Nc1ccc(C(=O)N2CC3C(C2)C3NC(=O)NC2CNCC2O)c(Cl)c1. The van der Waals surface area contributed by atoms with E-state index in [9.17, 15) is 41.4 Å². The standard InChI is InChI=1S/C29H29ClF5N9O4/c1-42-19(16-11-44(21-5-28(21,31)32)41-23(16)29(33,34)35)7-37-24(42)25(46)38-12-2-3-13(17(30)4-12)26(47)43-9-14-15(10-43)22(14)40-27(48)39-18-6-36-8-20(18)45/h2-4,7,11,14-15,18,20-22,36,45H,5-6,8-10H2,1H3,(H,38,46)(H2,39,40,48). The predicted molar refractivity (Wildman–Crippen MR) is 158 cm³/mol. The van der Waals surface area contributed by atoms with Gasteiger partial charge in [-0.25, -0.2) is 18.6 Å². The van der Waals surface area contributed by atoms with Crippen LogP contribution < -0.4 is 21.3 Å². The number of amides is 4. The highest BCUT2D eigenvalue weighted by atomic mass is 35.5. The van der Waals surface area contributed by atoms with E-state index in [4.69, 9.17) is 11.6 Å². The zero-order chi connectivity index (χ0) is 34.3. The van der Waals surface area contributed by atoms with Gasteiger partial charge in [-0.15, -0.1) is 0 Å². The van der Waals surface area contributed by atoms with Crippen LogP contribution >= 0.6 is 11.6 Å². The third kappa shape index (κ3) is 5.85. The summed E-state index contributed by atoms with van der Waals surface area (Å²) in [6.07, 6.45) is -4.33. The molecule has 19 heteroatoms. The lowest BCUT2D eigenvalue weighted by atomic mass is 10.1. The molecule has 256 valence electrons. The Kier molecular flexibility index (Phi) is 7.67. The number of halogens is 6. The summed E-state index contributed by atoms with van der Waals surface area (Å²) in [7, 11) is 1.31. The van der Waals surface area contributed by atoms with Crippen molar-refractivity contribution >= 4 is 35.1 Å². The fourth-order valence-electron chi connectivity index (χ4n) is 6.51. The van der Waals surface area contributed by atoms with Crippen molar-refractivity contribution in [3.05, 3.63) is 52.7 Å². The summed E-state index contributed by atoms with van der Waals surface area (Å²) in [5.41, 5.74) is -1.66. The molecule has 2 saturated heterocycles. The lowest BCUT2D eigenvalue weighted by molar-refractivity contribution is -0.141. The summed E-state index contributed by atoms with van der Waals surface area (Å²) < 4.78 is 70.1. The van der Waals surface area contributed by atoms with Gasteiger partial charge in [0.15, 0.2) is 11.5 Å². The number of aliphatic hydroxyl groups excluding tert-OH is 1. The molecule has 4 aliphatic rings. The number of β-amino-alcohol motifs (C(OH)–C–C–N with tert-alkyl or cyclic N) is 1. The Morgan fingerprint density at radius 3 is 2.44 bits per heavy atom. The number of nitrogens with one attached hydrogen (secondary N) is 4. The maximum absolute atomic E-state index is 13.8. The first-order valence-electron chi connectivity index (χ1n) is 15.0. The van der Waals surface area contributed by atoms with Crippen LogP contribution in [0.25, 0.3) is 11.3 Å². The van der Waals surface area contributed by atoms with Crippen LogP contribution in [-0.2, 0) is 13.2 Å². The van der Waals surface area contributed by atoms with Crippen molar-refractivity contribution in [3.63, 3.8) is 0 Å². The number of alkyl halides is 5. The second kappa shape index (κ2) is 11.4. The zero-order valence-corrected chi connectivity index (χ0v) is 25.8. The van der Waals surface area contributed by atoms with E-state index in [1.54, 1.807) is 4.90 Å². The third-order valence-corrected chi connectivity index (χ3v) is 9.63. The van der Waals surface area contributed by atoms with Gasteiger partial charge in [0.25, 0.3) is 17.7 Å². The molecule has 0 spiro atoms. The topological polar surface area (TPSA) is 158 Å². The predicted octanol–water partition coefficient (Wildman–Crippen LogP) is 2.49. The van der Waals surface area contributed by atoms with Gasteiger partial charge in [0.2, 0.25) is 0 Å². The van der Waals surface area contributed by atoms with Gasteiger partial charge in [0.1, 0.15) is 6.04 Å². The van der Waals surface area contributed by atoms with Gasteiger partial charge in [-0.05, 0) is 18.2 Å². The van der Waals surface area contributed by atoms with Gasteiger partial charge in [-0.2, -0.15) is 18.3 Å². The van der Waals surface area contributed by atoms with Crippen LogP contribution in [0.15, 0.2) is 30.6 Å². The fraction of sp³-hybridized carbons (Fsp3) is 0.483. The van der Waals surface area contributed by atoms with Gasteiger partial charge in [-0.1, -0.05) is 11.6 Å². The zero-order valence-electron chi connectivity index (χ0n) is 25.1. The molecule has 2 saturated carbocycles. The molecule has 2 aliphatic heterocycles. The Balaban J connectivity index is 0.974. The van der Waals surface area contributed by atoms with Crippen LogP contribution in [0, 0.1) is 11.8 Å². The molecule has 0 bridgehead atoms. The van der Waals surface area contributed by atoms with Gasteiger partial charge >= 0.3 is 12.2 Å². The largest absolute Gasteiger partial charge is 0.435 e. The normalized spacial score (nSPS) is 27.0. The number of carbonyl (C=O) groups excluding carboxylic acids is 3. The van der Waals surface area contributed by atoms with Crippen LogP contribution in [0.1, 0.15) is 39.1 Å². The minimum absolute atomic E-state index is 0.0517. The van der Waals surface area contributed by atoms with Gasteiger partial charge in [-0.3, -0.25) is 14.3 Å². The first-order chi connectivity index (χ1) is 22.6. The highest BCUT2D eigenvalue weighted by molar-refractivity contribution is 6.34. The van der Waals surface area contributed by atoms with Crippen LogP contribution in [0.3, 0.4) is 0 Å². The van der Waals surface area contributed by atoms with E-state index >= 15 is 0 Å². The number of hydrogen-bond acceptors (Lipinski definition) is 7. The van der Waals surface area contributed by atoms with Gasteiger partial charge in [0, 0.05) is 69.4 Å². The highest BCUT2D eigenvalue weighted by Gasteiger charge is 2.60. The summed E-state index contributed by atoms with van der Waals surface area (Å²) in [5, 5.41) is 24.5. The maximum atomic E-state index is 13.8. The minimum atomic E-state index is -4.95. The molecule has 0 radical (unpaired) electrons. The van der Waals surface area contributed by atoms with Crippen LogP contribution in [-0.4, -0.2) is 97.5 Å². The Labute approximate surface area is 273 Å². The van der Waals surface area contributed by atoms with Crippen molar-refractivity contribution in [3.8, 4) is 11.3 Å². The molecule has 1 aromatic carbocycles. The molecule has 5 atom stereocenters. The van der Waals surface area contributed by atoms with E-state index in [0.29, 0.717) is 30.9 Å². The first kappa shape index (κ1) is 32.3. The number of hydrogen-bond donors (Lipinski definition) is 5. The molecule has 13 nitrogen and oxygen atoms in total. The molecule has 2 aliphatic carbocycles. The molecular weight excluding hydrogens is 669 g/mol. The van der Waals surface area contributed by atoms with Crippen LogP contribution in [0.4, 0.5) is 32.4 Å². The summed E-state index contributed by atoms with van der Waals surface area (Å²) in [4.78, 5) is 44.2. The van der Waals surface area contributed by atoms with E-state index in [1.807, 2.05) is 0 Å². The highest BCUT2D eigenvalue weighted by Crippen LogP contribution is 2.53. The molecular formula is C29H29ClF5N9O4. The average molecular weight is 698 g/mol. The number of urea groups is 1. The van der Waals surface area contributed by atoms with E-state index in [-0.39, 0.29) is 63.6 Å².